The minimum Gasteiger partial charge on any atom is -0.493 e. The fourth-order valence-corrected chi connectivity index (χ4v) is 3.97. The number of para-hydroxylation sites is 2. The zero-order chi connectivity index (χ0) is 21.6. The summed E-state index contributed by atoms with van der Waals surface area (Å²) in [5, 5.41) is 0.404. The minimum atomic E-state index is 0.404. The van der Waals surface area contributed by atoms with Crippen molar-refractivity contribution < 1.29 is 14.2 Å². The molecular weight excluding hydrogens is 416 g/mol. The van der Waals surface area contributed by atoms with E-state index in [0.29, 0.717) is 29.0 Å². The summed E-state index contributed by atoms with van der Waals surface area (Å²) in [6.07, 6.45) is 0. The summed E-state index contributed by atoms with van der Waals surface area (Å²) in [5.74, 6) is 2.09. The first-order valence-corrected chi connectivity index (χ1v) is 10.7. The lowest BCUT2D eigenvalue weighted by molar-refractivity contribution is 0.0391. The number of anilines is 1. The Balaban J connectivity index is 1.63. The van der Waals surface area contributed by atoms with Crippen LogP contribution in [0.4, 0.5) is 5.82 Å². The average Bonchev–Trinajstić information content (AvgIpc) is 2.82. The average molecular weight is 443 g/mol. The Hall–Kier alpha value is -2.61. The number of benzene rings is 2. The number of fused-ring (bicyclic) bond motifs is 1. The monoisotopic (exact) mass is 442 g/mol. The SMILES string of the molecule is COc1ccc(CN(CCN2CCOCC2)c2nc3ccccc3nc2Cl)cc1OC. The van der Waals surface area contributed by atoms with Gasteiger partial charge in [-0.2, -0.15) is 0 Å². The molecule has 1 aliphatic heterocycles. The van der Waals surface area contributed by atoms with Gasteiger partial charge in [-0.15, -0.1) is 0 Å². The van der Waals surface area contributed by atoms with Crippen molar-refractivity contribution in [1.82, 2.24) is 14.9 Å². The first-order chi connectivity index (χ1) is 15.2. The Labute approximate surface area is 187 Å². The number of aromatic nitrogens is 2. The van der Waals surface area contributed by atoms with E-state index >= 15 is 0 Å². The number of hydrogen-bond acceptors (Lipinski definition) is 7. The van der Waals surface area contributed by atoms with Crippen molar-refractivity contribution in [3.05, 3.63) is 53.2 Å². The van der Waals surface area contributed by atoms with E-state index < -0.39 is 0 Å². The molecule has 0 aliphatic carbocycles. The van der Waals surface area contributed by atoms with E-state index in [9.17, 15) is 0 Å². The Morgan fingerprint density at radius 1 is 1.00 bits per heavy atom. The van der Waals surface area contributed by atoms with Crippen LogP contribution < -0.4 is 14.4 Å². The van der Waals surface area contributed by atoms with Crippen molar-refractivity contribution in [3.63, 3.8) is 0 Å². The van der Waals surface area contributed by atoms with Gasteiger partial charge in [0.1, 0.15) is 0 Å². The zero-order valence-corrected chi connectivity index (χ0v) is 18.6. The van der Waals surface area contributed by atoms with Gasteiger partial charge in [-0.1, -0.05) is 29.8 Å². The van der Waals surface area contributed by atoms with Crippen LogP contribution in [0.1, 0.15) is 5.56 Å². The summed E-state index contributed by atoms with van der Waals surface area (Å²) in [4.78, 5) is 14.0. The van der Waals surface area contributed by atoms with E-state index in [2.05, 4.69) is 14.8 Å². The first-order valence-electron chi connectivity index (χ1n) is 10.4. The number of halogens is 1. The van der Waals surface area contributed by atoms with Crippen LogP contribution >= 0.6 is 11.6 Å². The van der Waals surface area contributed by atoms with E-state index in [1.807, 2.05) is 42.5 Å². The number of morpholine rings is 1. The van der Waals surface area contributed by atoms with Crippen LogP contribution in [0.25, 0.3) is 11.0 Å². The van der Waals surface area contributed by atoms with Gasteiger partial charge in [-0.05, 0) is 29.8 Å². The van der Waals surface area contributed by atoms with Gasteiger partial charge in [0, 0.05) is 32.7 Å². The van der Waals surface area contributed by atoms with Gasteiger partial charge in [0.2, 0.25) is 0 Å². The van der Waals surface area contributed by atoms with Crippen LogP contribution in [0.2, 0.25) is 5.15 Å². The van der Waals surface area contributed by atoms with Crippen molar-refractivity contribution >= 4 is 28.5 Å². The topological polar surface area (TPSA) is 60.0 Å². The number of hydrogen-bond donors (Lipinski definition) is 0. The van der Waals surface area contributed by atoms with Crippen molar-refractivity contribution in [3.8, 4) is 11.5 Å². The van der Waals surface area contributed by atoms with Gasteiger partial charge >= 0.3 is 0 Å². The molecule has 3 aromatic rings. The number of ether oxygens (including phenoxy) is 3. The van der Waals surface area contributed by atoms with Crippen LogP contribution in [-0.2, 0) is 11.3 Å². The van der Waals surface area contributed by atoms with Gasteiger partial charge in [0.25, 0.3) is 0 Å². The van der Waals surface area contributed by atoms with E-state index in [1.165, 1.54) is 0 Å². The maximum Gasteiger partial charge on any atom is 0.172 e. The number of methoxy groups -OCH3 is 2. The van der Waals surface area contributed by atoms with Crippen LogP contribution in [0, 0.1) is 0 Å². The molecule has 164 valence electrons. The molecule has 1 aromatic heterocycles. The van der Waals surface area contributed by atoms with Crippen LogP contribution in [0.15, 0.2) is 42.5 Å². The number of rotatable bonds is 8. The highest BCUT2D eigenvalue weighted by Gasteiger charge is 2.19. The molecule has 4 rings (SSSR count). The maximum absolute atomic E-state index is 6.60. The second-order valence-corrected chi connectivity index (χ2v) is 7.75. The van der Waals surface area contributed by atoms with Crippen molar-refractivity contribution in [2.24, 2.45) is 0 Å². The summed E-state index contributed by atoms with van der Waals surface area (Å²) in [6.45, 7) is 5.68. The van der Waals surface area contributed by atoms with Crippen molar-refractivity contribution in [1.29, 1.82) is 0 Å². The molecule has 2 aromatic carbocycles. The third-order valence-electron chi connectivity index (χ3n) is 5.42. The molecule has 2 heterocycles. The van der Waals surface area contributed by atoms with E-state index in [4.69, 9.17) is 30.8 Å². The lowest BCUT2D eigenvalue weighted by atomic mass is 10.2. The third-order valence-corrected chi connectivity index (χ3v) is 5.68. The van der Waals surface area contributed by atoms with Crippen molar-refractivity contribution in [2.75, 3.05) is 58.5 Å². The zero-order valence-electron chi connectivity index (χ0n) is 17.9. The minimum absolute atomic E-state index is 0.404. The van der Waals surface area contributed by atoms with Gasteiger partial charge in [-0.25, -0.2) is 9.97 Å². The van der Waals surface area contributed by atoms with Crippen LogP contribution in [0.5, 0.6) is 11.5 Å². The molecule has 1 saturated heterocycles. The molecule has 8 heteroatoms. The lowest BCUT2D eigenvalue weighted by Crippen LogP contribution is -2.41. The number of nitrogens with zero attached hydrogens (tertiary/aromatic N) is 4. The normalized spacial score (nSPS) is 14.5. The summed E-state index contributed by atoms with van der Waals surface area (Å²) in [5.41, 5.74) is 2.69. The first kappa shape index (κ1) is 21.6. The molecular formula is C23H27ClN4O3. The highest BCUT2D eigenvalue weighted by molar-refractivity contribution is 6.32. The van der Waals surface area contributed by atoms with Crippen LogP contribution in [0.3, 0.4) is 0 Å². The molecule has 0 spiro atoms. The largest absolute Gasteiger partial charge is 0.493 e. The molecule has 1 aliphatic rings. The Kier molecular flexibility index (Phi) is 7.06. The molecule has 0 radical (unpaired) electrons. The van der Waals surface area contributed by atoms with E-state index in [-0.39, 0.29) is 0 Å². The predicted octanol–water partition coefficient (Wildman–Crippen LogP) is 3.64. The molecule has 1 fully saturated rings. The molecule has 0 unspecified atom stereocenters. The third kappa shape index (κ3) is 5.18. The van der Waals surface area contributed by atoms with Gasteiger partial charge in [-0.3, -0.25) is 4.90 Å². The van der Waals surface area contributed by atoms with Gasteiger partial charge in [0.15, 0.2) is 22.5 Å². The molecule has 0 saturated carbocycles. The molecule has 0 atom stereocenters. The lowest BCUT2D eigenvalue weighted by Gasteiger charge is -2.31. The second-order valence-electron chi connectivity index (χ2n) is 7.39. The molecule has 0 N–H and O–H groups in total. The van der Waals surface area contributed by atoms with Crippen LogP contribution in [-0.4, -0.2) is 68.5 Å². The standard InChI is InChI=1S/C23H27ClN4O3/c1-29-20-8-7-17(15-21(20)30-2)16-28(10-9-27-11-13-31-14-12-27)23-22(24)25-18-5-3-4-6-19(18)26-23/h3-8,15H,9-14,16H2,1-2H3. The molecule has 0 bridgehead atoms. The Morgan fingerprint density at radius 3 is 2.42 bits per heavy atom. The highest BCUT2D eigenvalue weighted by atomic mass is 35.5. The Bertz CT molecular complexity index is 1030. The maximum atomic E-state index is 6.60. The quantitative estimate of drug-likeness (QED) is 0.527. The fraction of sp³-hybridized carbons (Fsp3) is 0.391. The predicted molar refractivity (Wildman–Crippen MR) is 122 cm³/mol. The molecule has 0 amide bonds. The fourth-order valence-electron chi connectivity index (χ4n) is 3.72. The summed E-state index contributed by atoms with van der Waals surface area (Å²) < 4.78 is 16.3. The van der Waals surface area contributed by atoms with Crippen molar-refractivity contribution in [2.45, 2.75) is 6.54 Å². The summed E-state index contributed by atoms with van der Waals surface area (Å²) in [7, 11) is 3.28. The van der Waals surface area contributed by atoms with Gasteiger partial charge in [0.05, 0.1) is 38.5 Å². The highest BCUT2D eigenvalue weighted by Crippen LogP contribution is 2.30. The molecule has 31 heavy (non-hydrogen) atoms. The summed E-state index contributed by atoms with van der Waals surface area (Å²) >= 11 is 6.60. The summed E-state index contributed by atoms with van der Waals surface area (Å²) in [6, 6.07) is 13.7. The van der Waals surface area contributed by atoms with E-state index in [0.717, 1.165) is 56.0 Å². The second kappa shape index (κ2) is 10.1. The Morgan fingerprint density at radius 2 is 1.71 bits per heavy atom. The van der Waals surface area contributed by atoms with Gasteiger partial charge < -0.3 is 19.1 Å². The molecule has 7 nitrogen and oxygen atoms in total. The van der Waals surface area contributed by atoms with E-state index in [1.54, 1.807) is 14.2 Å². The smallest absolute Gasteiger partial charge is 0.172 e.